The van der Waals surface area contributed by atoms with Crippen molar-refractivity contribution in [3.05, 3.63) is 0 Å². The van der Waals surface area contributed by atoms with Crippen LogP contribution in [0.15, 0.2) is 0 Å². The largest absolute Gasteiger partial charge is 0.481 e. The highest BCUT2D eigenvalue weighted by molar-refractivity contribution is 7.84. The monoisotopic (exact) mass is 207 g/mol. The quantitative estimate of drug-likeness (QED) is 0.586. The second-order valence-corrected chi connectivity index (χ2v) is 4.49. The van der Waals surface area contributed by atoms with Crippen molar-refractivity contribution in [1.82, 2.24) is 5.32 Å². The molecule has 2 unspecified atom stereocenters. The van der Waals surface area contributed by atoms with Gasteiger partial charge in [0, 0.05) is 28.9 Å². The normalized spacial score (nSPS) is 14.6. The molecule has 0 spiro atoms. The van der Waals surface area contributed by atoms with E-state index >= 15 is 0 Å². The standard InChI is InChI=1S/C7H13NO4S/c1-5(13(2)12)4-8-6(9)3-7(10)11/h5H,3-4H2,1-2H3,(H,8,9)(H,10,11). The summed E-state index contributed by atoms with van der Waals surface area (Å²) < 4.78 is 10.8. The maximum Gasteiger partial charge on any atom is 0.312 e. The molecule has 0 heterocycles. The van der Waals surface area contributed by atoms with E-state index in [1.54, 1.807) is 6.92 Å². The predicted octanol–water partition coefficient (Wildman–Crippen LogP) is -0.656. The Labute approximate surface area is 79.0 Å². The van der Waals surface area contributed by atoms with E-state index in [9.17, 15) is 13.8 Å². The van der Waals surface area contributed by atoms with Crippen LogP contribution in [-0.2, 0) is 20.4 Å². The molecule has 76 valence electrons. The summed E-state index contributed by atoms with van der Waals surface area (Å²) in [7, 11) is -1.00. The minimum absolute atomic E-state index is 0.155. The summed E-state index contributed by atoms with van der Waals surface area (Å²) in [5, 5.41) is 10.5. The van der Waals surface area contributed by atoms with Gasteiger partial charge in [-0.3, -0.25) is 13.8 Å². The second-order valence-electron chi connectivity index (χ2n) is 2.68. The highest BCUT2D eigenvalue weighted by atomic mass is 32.2. The predicted molar refractivity (Wildman–Crippen MR) is 48.8 cm³/mol. The molecule has 0 aliphatic carbocycles. The summed E-state index contributed by atoms with van der Waals surface area (Å²) in [5.41, 5.74) is 0. The molecule has 0 aromatic carbocycles. The number of nitrogens with one attached hydrogen (secondary N) is 1. The number of carboxylic acids is 1. The van der Waals surface area contributed by atoms with Crippen LogP contribution in [-0.4, -0.2) is 39.2 Å². The number of aliphatic carboxylic acids is 1. The van der Waals surface area contributed by atoms with Gasteiger partial charge in [-0.15, -0.1) is 0 Å². The number of carbonyl (C=O) groups excluding carboxylic acids is 1. The van der Waals surface area contributed by atoms with E-state index < -0.39 is 29.1 Å². The van der Waals surface area contributed by atoms with Crippen molar-refractivity contribution < 1.29 is 18.9 Å². The van der Waals surface area contributed by atoms with E-state index in [0.717, 1.165) is 0 Å². The van der Waals surface area contributed by atoms with Crippen molar-refractivity contribution in [3.8, 4) is 0 Å². The molecule has 0 rings (SSSR count). The number of carbonyl (C=O) groups is 2. The van der Waals surface area contributed by atoms with Gasteiger partial charge in [0.25, 0.3) is 0 Å². The van der Waals surface area contributed by atoms with Crippen LogP contribution in [0.5, 0.6) is 0 Å². The Morgan fingerprint density at radius 2 is 2.08 bits per heavy atom. The zero-order chi connectivity index (χ0) is 10.4. The average Bonchev–Trinajstić information content (AvgIpc) is 1.98. The van der Waals surface area contributed by atoms with Crippen LogP contribution in [0, 0.1) is 0 Å². The Kier molecular flexibility index (Phi) is 5.29. The molecule has 0 bridgehead atoms. The first-order valence-electron chi connectivity index (χ1n) is 3.74. The molecule has 0 saturated heterocycles. The van der Waals surface area contributed by atoms with Gasteiger partial charge in [-0.2, -0.15) is 0 Å². The van der Waals surface area contributed by atoms with E-state index in [2.05, 4.69) is 5.32 Å². The van der Waals surface area contributed by atoms with Crippen LogP contribution in [0.1, 0.15) is 13.3 Å². The zero-order valence-corrected chi connectivity index (χ0v) is 8.39. The molecule has 0 radical (unpaired) electrons. The molecule has 0 aromatic rings. The Balaban J connectivity index is 3.70. The van der Waals surface area contributed by atoms with Crippen LogP contribution >= 0.6 is 0 Å². The summed E-state index contributed by atoms with van der Waals surface area (Å²) in [6.45, 7) is 1.96. The summed E-state index contributed by atoms with van der Waals surface area (Å²) in [5.74, 6) is -1.72. The first-order chi connectivity index (χ1) is 5.93. The van der Waals surface area contributed by atoms with E-state index in [1.807, 2.05) is 0 Å². The van der Waals surface area contributed by atoms with Gasteiger partial charge in [-0.05, 0) is 6.92 Å². The number of amides is 1. The van der Waals surface area contributed by atoms with Crippen LogP contribution < -0.4 is 5.32 Å². The lowest BCUT2D eigenvalue weighted by Gasteiger charge is -2.08. The molecular formula is C7H13NO4S. The molecule has 0 saturated carbocycles. The highest BCUT2D eigenvalue weighted by Gasteiger charge is 2.10. The first-order valence-corrected chi connectivity index (χ1v) is 5.36. The number of rotatable bonds is 5. The summed E-state index contributed by atoms with van der Waals surface area (Å²) in [6, 6.07) is 0. The molecule has 6 heteroatoms. The van der Waals surface area contributed by atoms with Crippen molar-refractivity contribution in [1.29, 1.82) is 0 Å². The van der Waals surface area contributed by atoms with Gasteiger partial charge in [-0.1, -0.05) is 0 Å². The lowest BCUT2D eigenvalue weighted by Crippen LogP contribution is -2.33. The Morgan fingerprint density at radius 1 is 1.54 bits per heavy atom. The zero-order valence-electron chi connectivity index (χ0n) is 7.57. The molecule has 2 N–H and O–H groups in total. The lowest BCUT2D eigenvalue weighted by atomic mass is 10.4. The maximum atomic E-state index is 10.8. The van der Waals surface area contributed by atoms with Crippen LogP contribution in [0.4, 0.5) is 0 Å². The Morgan fingerprint density at radius 3 is 2.46 bits per heavy atom. The van der Waals surface area contributed by atoms with Gasteiger partial charge < -0.3 is 10.4 Å². The van der Waals surface area contributed by atoms with Gasteiger partial charge in [0.2, 0.25) is 5.91 Å². The molecule has 0 aromatic heterocycles. The fraction of sp³-hybridized carbons (Fsp3) is 0.714. The van der Waals surface area contributed by atoms with Gasteiger partial charge in [0.05, 0.1) is 0 Å². The summed E-state index contributed by atoms with van der Waals surface area (Å²) in [6.07, 6.45) is 0.997. The van der Waals surface area contributed by atoms with E-state index in [0.29, 0.717) is 0 Å². The molecule has 2 atom stereocenters. The molecule has 1 amide bonds. The van der Waals surface area contributed by atoms with Crippen molar-refractivity contribution in [2.75, 3.05) is 12.8 Å². The van der Waals surface area contributed by atoms with Crippen molar-refractivity contribution in [2.45, 2.75) is 18.6 Å². The maximum absolute atomic E-state index is 10.8. The number of carboxylic acid groups (broad SMARTS) is 1. The third-order valence-electron chi connectivity index (χ3n) is 1.47. The molecule has 0 aliphatic rings. The van der Waals surface area contributed by atoms with E-state index in [1.165, 1.54) is 6.26 Å². The third-order valence-corrected chi connectivity index (χ3v) is 2.77. The number of hydrogen-bond donors (Lipinski definition) is 2. The molecule has 5 nitrogen and oxygen atoms in total. The molecule has 0 aliphatic heterocycles. The fourth-order valence-electron chi connectivity index (χ4n) is 0.575. The fourth-order valence-corrected chi connectivity index (χ4v) is 0.893. The van der Waals surface area contributed by atoms with Gasteiger partial charge in [-0.25, -0.2) is 0 Å². The summed E-state index contributed by atoms with van der Waals surface area (Å²) >= 11 is 0. The van der Waals surface area contributed by atoms with Crippen molar-refractivity contribution in [2.24, 2.45) is 0 Å². The first kappa shape index (κ1) is 12.1. The topological polar surface area (TPSA) is 83.5 Å². The van der Waals surface area contributed by atoms with Crippen LogP contribution in [0.25, 0.3) is 0 Å². The minimum Gasteiger partial charge on any atom is -0.481 e. The van der Waals surface area contributed by atoms with Crippen molar-refractivity contribution >= 4 is 22.7 Å². The Hall–Kier alpha value is -0.910. The van der Waals surface area contributed by atoms with Gasteiger partial charge in [0.15, 0.2) is 0 Å². The van der Waals surface area contributed by atoms with E-state index in [4.69, 9.17) is 5.11 Å². The van der Waals surface area contributed by atoms with Gasteiger partial charge in [0.1, 0.15) is 6.42 Å². The number of hydrogen-bond acceptors (Lipinski definition) is 3. The smallest absolute Gasteiger partial charge is 0.312 e. The van der Waals surface area contributed by atoms with Gasteiger partial charge >= 0.3 is 5.97 Å². The summed E-state index contributed by atoms with van der Waals surface area (Å²) in [4.78, 5) is 20.9. The second kappa shape index (κ2) is 5.69. The average molecular weight is 207 g/mol. The van der Waals surface area contributed by atoms with E-state index in [-0.39, 0.29) is 11.8 Å². The highest BCUT2D eigenvalue weighted by Crippen LogP contribution is 1.90. The molecule has 13 heavy (non-hydrogen) atoms. The molecule has 0 fully saturated rings. The van der Waals surface area contributed by atoms with Crippen LogP contribution in [0.2, 0.25) is 0 Å². The Bertz CT molecular complexity index is 229. The minimum atomic E-state index is -1.16. The van der Waals surface area contributed by atoms with Crippen LogP contribution in [0.3, 0.4) is 0 Å². The lowest BCUT2D eigenvalue weighted by molar-refractivity contribution is -0.140. The third kappa shape index (κ3) is 6.27. The SMILES string of the molecule is CC(CNC(=O)CC(=O)O)S(C)=O. The van der Waals surface area contributed by atoms with Crippen molar-refractivity contribution in [3.63, 3.8) is 0 Å². The molecular weight excluding hydrogens is 194 g/mol.